The second-order valence-electron chi connectivity index (χ2n) is 3.38. The minimum atomic E-state index is -0.210. The summed E-state index contributed by atoms with van der Waals surface area (Å²) in [6.45, 7) is 0. The highest BCUT2D eigenvalue weighted by atomic mass is 35.5. The van der Waals surface area contributed by atoms with Crippen LogP contribution in [0.1, 0.15) is 16.5 Å². The molecule has 17 heavy (non-hydrogen) atoms. The van der Waals surface area contributed by atoms with Crippen molar-refractivity contribution in [3.63, 3.8) is 0 Å². The van der Waals surface area contributed by atoms with E-state index in [0.717, 1.165) is 10.4 Å². The standard InChI is InChI=1S/C11H9Cl3N2S/c12-7-3-1-2-6(10(7)14)11(16-15)8-4-5-9(13)17-8/h1-5,11,16H,15H2. The first kappa shape index (κ1) is 13.1. The summed E-state index contributed by atoms with van der Waals surface area (Å²) in [5, 5.41) is 1.01. The van der Waals surface area contributed by atoms with Gasteiger partial charge in [-0.2, -0.15) is 0 Å². The van der Waals surface area contributed by atoms with Crippen molar-refractivity contribution < 1.29 is 0 Å². The van der Waals surface area contributed by atoms with E-state index in [2.05, 4.69) is 5.43 Å². The van der Waals surface area contributed by atoms with Gasteiger partial charge in [0.2, 0.25) is 0 Å². The highest BCUT2D eigenvalue weighted by Gasteiger charge is 2.18. The first-order valence-corrected chi connectivity index (χ1v) is 6.73. The Morgan fingerprint density at radius 3 is 2.47 bits per heavy atom. The number of hydrazine groups is 1. The molecular formula is C11H9Cl3N2S. The number of thiophene rings is 1. The largest absolute Gasteiger partial charge is 0.271 e. The molecule has 0 radical (unpaired) electrons. The van der Waals surface area contributed by atoms with Crippen LogP contribution in [0.4, 0.5) is 0 Å². The third-order valence-corrected chi connectivity index (χ3v) is 4.47. The number of halogens is 3. The van der Waals surface area contributed by atoms with Crippen molar-refractivity contribution in [1.82, 2.24) is 5.43 Å². The third kappa shape index (κ3) is 2.76. The fraction of sp³-hybridized carbons (Fsp3) is 0.0909. The zero-order valence-electron chi connectivity index (χ0n) is 8.58. The quantitative estimate of drug-likeness (QED) is 0.657. The van der Waals surface area contributed by atoms with Gasteiger partial charge in [0.25, 0.3) is 0 Å². The molecule has 1 aromatic heterocycles. The van der Waals surface area contributed by atoms with Gasteiger partial charge in [-0.25, -0.2) is 5.43 Å². The number of nitrogens with one attached hydrogen (secondary N) is 1. The molecule has 6 heteroatoms. The zero-order chi connectivity index (χ0) is 12.4. The molecule has 90 valence electrons. The van der Waals surface area contributed by atoms with Crippen LogP contribution in [0, 0.1) is 0 Å². The molecule has 2 rings (SSSR count). The van der Waals surface area contributed by atoms with E-state index in [1.54, 1.807) is 6.07 Å². The maximum atomic E-state index is 6.17. The molecule has 0 saturated carbocycles. The summed E-state index contributed by atoms with van der Waals surface area (Å²) in [6, 6.07) is 8.98. The van der Waals surface area contributed by atoms with Crippen LogP contribution in [0.25, 0.3) is 0 Å². The van der Waals surface area contributed by atoms with Gasteiger partial charge in [-0.1, -0.05) is 46.9 Å². The molecule has 0 aliphatic carbocycles. The molecule has 0 aliphatic heterocycles. The van der Waals surface area contributed by atoms with Gasteiger partial charge >= 0.3 is 0 Å². The lowest BCUT2D eigenvalue weighted by Gasteiger charge is -2.16. The van der Waals surface area contributed by atoms with Crippen molar-refractivity contribution >= 4 is 46.1 Å². The van der Waals surface area contributed by atoms with Crippen LogP contribution in [0.2, 0.25) is 14.4 Å². The van der Waals surface area contributed by atoms with E-state index < -0.39 is 0 Å². The van der Waals surface area contributed by atoms with E-state index in [1.807, 2.05) is 24.3 Å². The summed E-state index contributed by atoms with van der Waals surface area (Å²) >= 11 is 19.5. The summed E-state index contributed by atoms with van der Waals surface area (Å²) < 4.78 is 0.707. The lowest BCUT2D eigenvalue weighted by molar-refractivity contribution is 0.647. The second-order valence-corrected chi connectivity index (χ2v) is 5.92. The Morgan fingerprint density at radius 2 is 1.88 bits per heavy atom. The fourth-order valence-corrected chi connectivity index (χ4v) is 3.11. The Labute approximate surface area is 118 Å². The monoisotopic (exact) mass is 306 g/mol. The maximum absolute atomic E-state index is 6.17. The Morgan fingerprint density at radius 1 is 1.12 bits per heavy atom. The van der Waals surface area contributed by atoms with Crippen molar-refractivity contribution in [3.05, 3.63) is 55.2 Å². The zero-order valence-corrected chi connectivity index (χ0v) is 11.7. The molecule has 0 saturated heterocycles. The smallest absolute Gasteiger partial charge is 0.0931 e. The maximum Gasteiger partial charge on any atom is 0.0931 e. The van der Waals surface area contributed by atoms with Gasteiger partial charge in [0, 0.05) is 4.88 Å². The molecule has 2 nitrogen and oxygen atoms in total. The van der Waals surface area contributed by atoms with Crippen molar-refractivity contribution in [2.24, 2.45) is 5.84 Å². The van der Waals surface area contributed by atoms with Crippen molar-refractivity contribution in [2.45, 2.75) is 6.04 Å². The summed E-state index contributed by atoms with van der Waals surface area (Å²) in [5.74, 6) is 5.58. The van der Waals surface area contributed by atoms with Gasteiger partial charge in [-0.15, -0.1) is 11.3 Å². The molecule has 2 aromatic rings. The molecule has 0 amide bonds. The van der Waals surface area contributed by atoms with Gasteiger partial charge in [-0.05, 0) is 23.8 Å². The van der Waals surface area contributed by atoms with E-state index in [1.165, 1.54) is 11.3 Å². The molecular weight excluding hydrogens is 299 g/mol. The van der Waals surface area contributed by atoms with Gasteiger partial charge in [-0.3, -0.25) is 5.84 Å². The SMILES string of the molecule is NNC(c1ccc(Cl)s1)c1cccc(Cl)c1Cl. The number of benzene rings is 1. The number of nitrogens with two attached hydrogens (primary N) is 1. The summed E-state index contributed by atoms with van der Waals surface area (Å²) in [7, 11) is 0. The Bertz CT molecular complexity index is 527. The summed E-state index contributed by atoms with van der Waals surface area (Å²) in [5.41, 5.74) is 3.56. The van der Waals surface area contributed by atoms with Gasteiger partial charge in [0.05, 0.1) is 20.4 Å². The molecule has 3 N–H and O–H groups in total. The average Bonchev–Trinajstić information content (AvgIpc) is 2.72. The molecule has 1 aromatic carbocycles. The number of hydrogen-bond acceptors (Lipinski definition) is 3. The highest BCUT2D eigenvalue weighted by Crippen LogP contribution is 2.36. The summed E-state index contributed by atoms with van der Waals surface area (Å²) in [4.78, 5) is 0.988. The second kappa shape index (κ2) is 5.57. The lowest BCUT2D eigenvalue weighted by Crippen LogP contribution is -2.28. The van der Waals surface area contributed by atoms with Crippen molar-refractivity contribution in [1.29, 1.82) is 0 Å². The van der Waals surface area contributed by atoms with Crippen LogP contribution in [0.3, 0.4) is 0 Å². The van der Waals surface area contributed by atoms with Crippen LogP contribution in [-0.2, 0) is 0 Å². The number of rotatable bonds is 3. The van der Waals surface area contributed by atoms with Crippen LogP contribution < -0.4 is 11.3 Å². The molecule has 0 fully saturated rings. The van der Waals surface area contributed by atoms with Crippen LogP contribution in [0.15, 0.2) is 30.3 Å². The minimum Gasteiger partial charge on any atom is -0.271 e. The molecule has 1 atom stereocenters. The van der Waals surface area contributed by atoms with Gasteiger partial charge in [0.1, 0.15) is 0 Å². The minimum absolute atomic E-state index is 0.210. The molecule has 1 unspecified atom stereocenters. The van der Waals surface area contributed by atoms with E-state index in [-0.39, 0.29) is 6.04 Å². The molecule has 0 aliphatic rings. The molecule has 1 heterocycles. The van der Waals surface area contributed by atoms with E-state index in [0.29, 0.717) is 14.4 Å². The average molecular weight is 308 g/mol. The van der Waals surface area contributed by atoms with Crippen LogP contribution in [-0.4, -0.2) is 0 Å². The predicted octanol–water partition coefficient (Wildman–Crippen LogP) is 4.26. The molecule has 0 spiro atoms. The number of hydrogen-bond donors (Lipinski definition) is 2. The Kier molecular flexibility index (Phi) is 4.31. The van der Waals surface area contributed by atoms with Crippen LogP contribution in [0.5, 0.6) is 0 Å². The summed E-state index contributed by atoms with van der Waals surface area (Å²) in [6.07, 6.45) is 0. The van der Waals surface area contributed by atoms with E-state index in [9.17, 15) is 0 Å². The predicted molar refractivity (Wildman–Crippen MR) is 75.0 cm³/mol. The van der Waals surface area contributed by atoms with Crippen LogP contribution >= 0.6 is 46.1 Å². The van der Waals surface area contributed by atoms with Gasteiger partial charge in [0.15, 0.2) is 0 Å². The van der Waals surface area contributed by atoms with E-state index >= 15 is 0 Å². The first-order valence-electron chi connectivity index (χ1n) is 4.78. The molecule has 0 bridgehead atoms. The Balaban J connectivity index is 2.45. The van der Waals surface area contributed by atoms with Crippen molar-refractivity contribution in [2.75, 3.05) is 0 Å². The third-order valence-electron chi connectivity index (χ3n) is 2.34. The lowest BCUT2D eigenvalue weighted by atomic mass is 10.1. The van der Waals surface area contributed by atoms with Crippen molar-refractivity contribution in [3.8, 4) is 0 Å². The first-order chi connectivity index (χ1) is 8.13. The highest BCUT2D eigenvalue weighted by molar-refractivity contribution is 7.16. The Hall–Kier alpha value is -0.290. The van der Waals surface area contributed by atoms with Gasteiger partial charge < -0.3 is 0 Å². The van der Waals surface area contributed by atoms with E-state index in [4.69, 9.17) is 40.6 Å². The normalized spacial score (nSPS) is 12.7. The fourth-order valence-electron chi connectivity index (χ4n) is 1.55. The topological polar surface area (TPSA) is 38.0 Å².